The van der Waals surface area contributed by atoms with Crippen LogP contribution in [0.2, 0.25) is 0 Å². The minimum absolute atomic E-state index is 0.108. The van der Waals surface area contributed by atoms with Crippen molar-refractivity contribution in [3.8, 4) is 5.75 Å². The van der Waals surface area contributed by atoms with E-state index >= 15 is 0 Å². The lowest BCUT2D eigenvalue weighted by Crippen LogP contribution is -2.32. The average molecular weight is 396 g/mol. The second-order valence-corrected chi connectivity index (χ2v) is 6.43. The van der Waals surface area contributed by atoms with Gasteiger partial charge in [-0.2, -0.15) is 0 Å². The van der Waals surface area contributed by atoms with Crippen LogP contribution in [0.4, 0.5) is 18.0 Å². The lowest BCUT2D eigenvalue weighted by Gasteiger charge is -2.19. The standard InChI is InChI=1S/C15H17BrF3NO3/c1-14(2,3)23-13(21)20-8-4-5-10-6-7-11(16)9-12(10)22-15(17,18)19/h4-7,9H,8H2,1-3H3,(H,20,21). The Bertz CT molecular complexity index is 580. The number of benzene rings is 1. The minimum Gasteiger partial charge on any atom is -0.444 e. The predicted octanol–water partition coefficient (Wildman–Crippen LogP) is 4.89. The summed E-state index contributed by atoms with van der Waals surface area (Å²) >= 11 is 3.09. The fraction of sp³-hybridized carbons (Fsp3) is 0.400. The van der Waals surface area contributed by atoms with Gasteiger partial charge in [-0.3, -0.25) is 0 Å². The zero-order valence-corrected chi connectivity index (χ0v) is 14.4. The van der Waals surface area contributed by atoms with Crippen molar-refractivity contribution < 1.29 is 27.4 Å². The molecular weight excluding hydrogens is 379 g/mol. The van der Waals surface area contributed by atoms with Crippen LogP contribution in [0.5, 0.6) is 5.75 Å². The Labute approximate surface area is 140 Å². The van der Waals surface area contributed by atoms with E-state index in [9.17, 15) is 18.0 Å². The zero-order valence-electron chi connectivity index (χ0n) is 12.8. The topological polar surface area (TPSA) is 47.6 Å². The van der Waals surface area contributed by atoms with Crippen LogP contribution in [-0.4, -0.2) is 24.6 Å². The maximum atomic E-state index is 12.4. The van der Waals surface area contributed by atoms with Gasteiger partial charge in [0.15, 0.2) is 0 Å². The van der Waals surface area contributed by atoms with Crippen LogP contribution >= 0.6 is 15.9 Å². The van der Waals surface area contributed by atoms with Crippen molar-refractivity contribution in [1.29, 1.82) is 0 Å². The highest BCUT2D eigenvalue weighted by atomic mass is 79.9. The number of nitrogens with one attached hydrogen (secondary N) is 1. The molecular formula is C15H17BrF3NO3. The molecule has 0 aliphatic carbocycles. The second kappa shape index (κ2) is 7.72. The molecule has 1 N–H and O–H groups in total. The normalized spacial score (nSPS) is 12.3. The van der Waals surface area contributed by atoms with Crippen LogP contribution in [0.1, 0.15) is 26.3 Å². The van der Waals surface area contributed by atoms with Gasteiger partial charge in [0.25, 0.3) is 0 Å². The van der Waals surface area contributed by atoms with Gasteiger partial charge in [0.05, 0.1) is 0 Å². The van der Waals surface area contributed by atoms with Crippen molar-refractivity contribution in [3.05, 3.63) is 34.3 Å². The molecule has 0 fully saturated rings. The van der Waals surface area contributed by atoms with Crippen LogP contribution in [0.3, 0.4) is 0 Å². The van der Waals surface area contributed by atoms with E-state index < -0.39 is 18.1 Å². The predicted molar refractivity (Wildman–Crippen MR) is 84.1 cm³/mol. The summed E-state index contributed by atoms with van der Waals surface area (Å²) in [6.45, 7) is 5.29. The van der Waals surface area contributed by atoms with Gasteiger partial charge in [-0.25, -0.2) is 4.79 Å². The first-order valence-electron chi connectivity index (χ1n) is 6.65. The molecule has 0 radical (unpaired) electrons. The number of carbonyl (C=O) groups excluding carboxylic acids is 1. The average Bonchev–Trinajstić information content (AvgIpc) is 2.32. The minimum atomic E-state index is -4.78. The highest BCUT2D eigenvalue weighted by Crippen LogP contribution is 2.30. The first-order valence-corrected chi connectivity index (χ1v) is 7.44. The molecule has 1 aromatic carbocycles. The summed E-state index contributed by atoms with van der Waals surface area (Å²) in [5.41, 5.74) is -0.385. The Morgan fingerprint density at radius 3 is 2.52 bits per heavy atom. The molecule has 0 aliphatic heterocycles. The molecule has 128 valence electrons. The van der Waals surface area contributed by atoms with E-state index in [0.29, 0.717) is 4.47 Å². The molecule has 0 saturated carbocycles. The molecule has 0 unspecified atom stereocenters. The third-order valence-corrected chi connectivity index (χ3v) is 2.76. The zero-order chi connectivity index (χ0) is 17.7. The van der Waals surface area contributed by atoms with Gasteiger partial charge in [-0.1, -0.05) is 34.1 Å². The van der Waals surface area contributed by atoms with Gasteiger partial charge in [0, 0.05) is 16.6 Å². The third kappa shape index (κ3) is 8.49. The second-order valence-electron chi connectivity index (χ2n) is 5.52. The van der Waals surface area contributed by atoms with Crippen LogP contribution in [0, 0.1) is 0 Å². The lowest BCUT2D eigenvalue weighted by molar-refractivity contribution is -0.274. The monoisotopic (exact) mass is 395 g/mol. The highest BCUT2D eigenvalue weighted by Gasteiger charge is 2.31. The number of hydrogen-bond acceptors (Lipinski definition) is 3. The maximum Gasteiger partial charge on any atom is 0.573 e. The van der Waals surface area contributed by atoms with Gasteiger partial charge >= 0.3 is 12.5 Å². The van der Waals surface area contributed by atoms with Gasteiger partial charge in [-0.05, 0) is 32.9 Å². The molecule has 0 heterocycles. The molecule has 0 spiro atoms. The van der Waals surface area contributed by atoms with Crippen molar-refractivity contribution in [1.82, 2.24) is 5.32 Å². The molecule has 0 saturated heterocycles. The molecule has 1 aromatic rings. The molecule has 23 heavy (non-hydrogen) atoms. The first kappa shape index (κ1) is 19.3. The Balaban J connectivity index is 2.68. The van der Waals surface area contributed by atoms with E-state index in [2.05, 4.69) is 26.0 Å². The van der Waals surface area contributed by atoms with Crippen molar-refractivity contribution >= 4 is 28.1 Å². The summed E-state index contributed by atoms with van der Waals surface area (Å²) in [7, 11) is 0. The van der Waals surface area contributed by atoms with Crippen molar-refractivity contribution in [3.63, 3.8) is 0 Å². The number of rotatable bonds is 4. The fourth-order valence-electron chi connectivity index (χ4n) is 1.50. The quantitative estimate of drug-likeness (QED) is 0.789. The largest absolute Gasteiger partial charge is 0.573 e. The molecule has 8 heteroatoms. The molecule has 0 atom stereocenters. The Morgan fingerprint density at radius 1 is 1.30 bits per heavy atom. The summed E-state index contributed by atoms with van der Waals surface area (Å²) in [5.74, 6) is -0.333. The van der Waals surface area contributed by atoms with E-state index in [1.165, 1.54) is 24.3 Å². The van der Waals surface area contributed by atoms with E-state index in [1.807, 2.05) is 0 Å². The number of alkyl halides is 3. The van der Waals surface area contributed by atoms with Gasteiger partial charge in [0.1, 0.15) is 11.4 Å². The smallest absolute Gasteiger partial charge is 0.444 e. The van der Waals surface area contributed by atoms with Crippen LogP contribution in [0.25, 0.3) is 6.08 Å². The van der Waals surface area contributed by atoms with E-state index in [-0.39, 0.29) is 17.9 Å². The van der Waals surface area contributed by atoms with Crippen LogP contribution < -0.4 is 10.1 Å². The van der Waals surface area contributed by atoms with E-state index in [4.69, 9.17) is 4.74 Å². The summed E-state index contributed by atoms with van der Waals surface area (Å²) in [5, 5.41) is 2.47. The summed E-state index contributed by atoms with van der Waals surface area (Å²) in [6.07, 6.45) is -2.47. The molecule has 1 amide bonds. The number of hydrogen-bond donors (Lipinski definition) is 1. The number of alkyl carbamates (subject to hydrolysis) is 1. The fourth-order valence-corrected chi connectivity index (χ4v) is 1.84. The first-order chi connectivity index (χ1) is 10.5. The summed E-state index contributed by atoms with van der Waals surface area (Å²) in [4.78, 5) is 11.4. The lowest BCUT2D eigenvalue weighted by atomic mass is 10.2. The van der Waals surface area contributed by atoms with Gasteiger partial charge < -0.3 is 14.8 Å². The number of amides is 1. The third-order valence-electron chi connectivity index (χ3n) is 2.26. The van der Waals surface area contributed by atoms with Crippen LogP contribution in [0.15, 0.2) is 28.7 Å². The highest BCUT2D eigenvalue weighted by molar-refractivity contribution is 9.10. The SMILES string of the molecule is CC(C)(C)OC(=O)NCC=Cc1ccc(Br)cc1OC(F)(F)F. The molecule has 0 aliphatic rings. The van der Waals surface area contributed by atoms with Crippen molar-refractivity contribution in [2.24, 2.45) is 0 Å². The van der Waals surface area contributed by atoms with Crippen molar-refractivity contribution in [2.45, 2.75) is 32.7 Å². The molecule has 0 aromatic heterocycles. The maximum absolute atomic E-state index is 12.4. The van der Waals surface area contributed by atoms with Gasteiger partial charge in [-0.15, -0.1) is 13.2 Å². The number of halogens is 4. The van der Waals surface area contributed by atoms with Crippen molar-refractivity contribution in [2.75, 3.05) is 6.54 Å². The number of ether oxygens (including phenoxy) is 2. The van der Waals surface area contributed by atoms with Crippen LogP contribution in [-0.2, 0) is 4.74 Å². The molecule has 0 bridgehead atoms. The Hall–Kier alpha value is -1.70. The molecule has 4 nitrogen and oxygen atoms in total. The molecule has 1 rings (SSSR count). The summed E-state index contributed by atoms with van der Waals surface area (Å²) < 4.78 is 46.6. The Morgan fingerprint density at radius 2 is 1.96 bits per heavy atom. The Kier molecular flexibility index (Phi) is 6.49. The van der Waals surface area contributed by atoms with E-state index in [1.54, 1.807) is 26.8 Å². The number of carbonyl (C=O) groups is 1. The van der Waals surface area contributed by atoms with E-state index in [0.717, 1.165) is 0 Å². The van der Waals surface area contributed by atoms with Gasteiger partial charge in [0.2, 0.25) is 0 Å². The summed E-state index contributed by atoms with van der Waals surface area (Å²) in [6, 6.07) is 4.27.